The number of phenolic OH excluding ortho intramolecular Hbond substituents is 1. The molecule has 6 N–H and O–H groups in total. The number of aromatic hydroxyl groups is 1. The summed E-state index contributed by atoms with van der Waals surface area (Å²) in [7, 11) is 0. The van der Waals surface area contributed by atoms with Crippen LogP contribution in [0.5, 0.6) is 5.75 Å². The topological polar surface area (TPSA) is 101 Å². The number of carbonyl (C=O) groups is 1. The van der Waals surface area contributed by atoms with Gasteiger partial charge in [0.1, 0.15) is 5.75 Å². The van der Waals surface area contributed by atoms with Crippen molar-refractivity contribution in [1.82, 2.24) is 0 Å². The van der Waals surface area contributed by atoms with E-state index < -0.39 is 0 Å². The Labute approximate surface area is 116 Å². The van der Waals surface area contributed by atoms with Gasteiger partial charge in [0.2, 0.25) is 5.91 Å². The zero-order valence-corrected chi connectivity index (χ0v) is 10.7. The first kappa shape index (κ1) is 13.5. The highest BCUT2D eigenvalue weighted by atomic mass is 16.3. The summed E-state index contributed by atoms with van der Waals surface area (Å²) in [6.07, 6.45) is 2.82. The number of hydrogen-bond donors (Lipinski definition) is 4. The lowest BCUT2D eigenvalue weighted by Crippen LogP contribution is -2.07. The third-order valence-corrected chi connectivity index (χ3v) is 2.64. The molecule has 0 radical (unpaired) electrons. The fourth-order valence-electron chi connectivity index (χ4n) is 1.62. The molecular formula is C15H15N3O2. The van der Waals surface area contributed by atoms with Crippen molar-refractivity contribution in [2.75, 3.05) is 16.8 Å². The van der Waals surface area contributed by atoms with E-state index in [9.17, 15) is 9.90 Å². The summed E-state index contributed by atoms with van der Waals surface area (Å²) in [6, 6.07) is 11.5. The number of rotatable bonds is 3. The van der Waals surface area contributed by atoms with Crippen LogP contribution in [0.25, 0.3) is 6.08 Å². The number of hydrogen-bond acceptors (Lipinski definition) is 4. The smallest absolute Gasteiger partial charge is 0.248 e. The molecule has 1 amide bonds. The molecule has 0 saturated heterocycles. The molecule has 2 aromatic rings. The lowest BCUT2D eigenvalue weighted by Gasteiger charge is -2.03. The third-order valence-electron chi connectivity index (χ3n) is 2.64. The predicted octanol–water partition coefficient (Wildman–Crippen LogP) is 2.21. The van der Waals surface area contributed by atoms with Crippen LogP contribution < -0.4 is 16.8 Å². The van der Waals surface area contributed by atoms with Crippen LogP contribution >= 0.6 is 0 Å². The molecule has 0 aliphatic rings. The van der Waals surface area contributed by atoms with Crippen LogP contribution in [0.3, 0.4) is 0 Å². The Balaban J connectivity index is 2.05. The standard InChI is InChI=1S/C15H15N3O2/c16-11-2-5-13(6-3-11)18-15(20)8-1-10-9-12(17)4-7-14(10)19/h1-9,19H,16-17H2,(H,18,20)/b8-1+. The van der Waals surface area contributed by atoms with Gasteiger partial charge >= 0.3 is 0 Å². The first-order valence-electron chi connectivity index (χ1n) is 5.98. The summed E-state index contributed by atoms with van der Waals surface area (Å²) in [4.78, 5) is 11.7. The molecule has 20 heavy (non-hydrogen) atoms. The minimum absolute atomic E-state index is 0.0655. The van der Waals surface area contributed by atoms with E-state index in [1.165, 1.54) is 18.2 Å². The summed E-state index contributed by atoms with van der Waals surface area (Å²) in [5, 5.41) is 12.3. The van der Waals surface area contributed by atoms with Crippen LogP contribution in [0.1, 0.15) is 5.56 Å². The number of anilines is 3. The van der Waals surface area contributed by atoms with Gasteiger partial charge in [-0.1, -0.05) is 0 Å². The van der Waals surface area contributed by atoms with Gasteiger partial charge in [0.25, 0.3) is 0 Å². The number of nitrogen functional groups attached to an aromatic ring is 2. The molecule has 102 valence electrons. The molecule has 0 fully saturated rings. The van der Waals surface area contributed by atoms with Gasteiger partial charge in [-0.25, -0.2) is 0 Å². The molecule has 0 saturated carbocycles. The van der Waals surface area contributed by atoms with E-state index in [0.29, 0.717) is 22.6 Å². The van der Waals surface area contributed by atoms with Crippen LogP contribution in [0.15, 0.2) is 48.5 Å². The average Bonchev–Trinajstić information content (AvgIpc) is 2.42. The van der Waals surface area contributed by atoms with Crippen LogP contribution in [-0.2, 0) is 4.79 Å². The van der Waals surface area contributed by atoms with Crippen LogP contribution in [-0.4, -0.2) is 11.0 Å². The predicted molar refractivity (Wildman–Crippen MR) is 81.0 cm³/mol. The maximum absolute atomic E-state index is 11.7. The molecule has 0 aliphatic carbocycles. The fourth-order valence-corrected chi connectivity index (χ4v) is 1.62. The van der Waals surface area contributed by atoms with E-state index in [1.807, 2.05) is 0 Å². The Hall–Kier alpha value is -2.95. The van der Waals surface area contributed by atoms with Crippen molar-refractivity contribution >= 4 is 29.0 Å². The largest absolute Gasteiger partial charge is 0.507 e. The highest BCUT2D eigenvalue weighted by Crippen LogP contribution is 2.21. The number of phenols is 1. The van der Waals surface area contributed by atoms with E-state index in [2.05, 4.69) is 5.32 Å². The molecule has 5 nitrogen and oxygen atoms in total. The van der Waals surface area contributed by atoms with Crippen molar-refractivity contribution in [1.29, 1.82) is 0 Å². The number of nitrogens with two attached hydrogens (primary N) is 2. The molecule has 0 aliphatic heterocycles. The molecule has 0 aromatic heterocycles. The second kappa shape index (κ2) is 5.79. The van der Waals surface area contributed by atoms with Crippen molar-refractivity contribution < 1.29 is 9.90 Å². The van der Waals surface area contributed by atoms with Crippen LogP contribution in [0, 0.1) is 0 Å². The van der Waals surface area contributed by atoms with Gasteiger partial charge in [-0.05, 0) is 48.5 Å². The lowest BCUT2D eigenvalue weighted by atomic mass is 10.1. The van der Waals surface area contributed by atoms with Gasteiger partial charge in [-0.15, -0.1) is 0 Å². The van der Waals surface area contributed by atoms with E-state index in [-0.39, 0.29) is 11.7 Å². The van der Waals surface area contributed by atoms with Crippen molar-refractivity contribution in [2.24, 2.45) is 0 Å². The molecule has 5 heteroatoms. The summed E-state index contributed by atoms with van der Waals surface area (Å²) in [5.41, 5.74) is 13.4. The Morgan fingerprint density at radius 2 is 1.70 bits per heavy atom. The third kappa shape index (κ3) is 3.52. The summed E-state index contributed by atoms with van der Waals surface area (Å²) in [6.45, 7) is 0. The Kier molecular flexibility index (Phi) is 3.91. The molecule has 0 bridgehead atoms. The summed E-state index contributed by atoms with van der Waals surface area (Å²) in [5.74, 6) is -0.243. The summed E-state index contributed by atoms with van der Waals surface area (Å²) >= 11 is 0. The second-order valence-electron chi connectivity index (χ2n) is 4.26. The Morgan fingerprint density at radius 3 is 2.40 bits per heavy atom. The number of nitrogens with one attached hydrogen (secondary N) is 1. The number of amides is 1. The van der Waals surface area contributed by atoms with Gasteiger partial charge in [0.05, 0.1) is 0 Å². The van der Waals surface area contributed by atoms with Crippen molar-refractivity contribution in [3.8, 4) is 5.75 Å². The Bertz CT molecular complexity index is 649. The van der Waals surface area contributed by atoms with Gasteiger partial charge in [0.15, 0.2) is 0 Å². The van der Waals surface area contributed by atoms with Gasteiger partial charge < -0.3 is 21.9 Å². The molecule has 0 heterocycles. The van der Waals surface area contributed by atoms with E-state index in [0.717, 1.165) is 0 Å². The molecule has 2 rings (SSSR count). The molecule has 0 atom stereocenters. The monoisotopic (exact) mass is 269 g/mol. The molecule has 0 spiro atoms. The molecule has 2 aromatic carbocycles. The van der Waals surface area contributed by atoms with E-state index in [4.69, 9.17) is 11.5 Å². The number of carbonyl (C=O) groups excluding carboxylic acids is 1. The maximum atomic E-state index is 11.7. The number of benzene rings is 2. The first-order chi connectivity index (χ1) is 9.54. The van der Waals surface area contributed by atoms with Crippen LogP contribution in [0.4, 0.5) is 17.1 Å². The molecular weight excluding hydrogens is 254 g/mol. The first-order valence-corrected chi connectivity index (χ1v) is 5.98. The van der Waals surface area contributed by atoms with Crippen molar-refractivity contribution in [2.45, 2.75) is 0 Å². The highest BCUT2D eigenvalue weighted by molar-refractivity contribution is 6.02. The van der Waals surface area contributed by atoms with Gasteiger partial charge in [-0.2, -0.15) is 0 Å². The minimum atomic E-state index is -0.309. The van der Waals surface area contributed by atoms with Crippen molar-refractivity contribution in [3.63, 3.8) is 0 Å². The zero-order chi connectivity index (χ0) is 14.5. The van der Waals surface area contributed by atoms with Crippen molar-refractivity contribution in [3.05, 3.63) is 54.1 Å². The van der Waals surface area contributed by atoms with Crippen LogP contribution in [0.2, 0.25) is 0 Å². The Morgan fingerprint density at radius 1 is 1.05 bits per heavy atom. The maximum Gasteiger partial charge on any atom is 0.248 e. The average molecular weight is 269 g/mol. The molecule has 0 unspecified atom stereocenters. The van der Waals surface area contributed by atoms with Gasteiger partial charge in [-0.3, -0.25) is 4.79 Å². The highest BCUT2D eigenvalue weighted by Gasteiger charge is 2.00. The fraction of sp³-hybridized carbons (Fsp3) is 0. The van der Waals surface area contributed by atoms with E-state index in [1.54, 1.807) is 36.4 Å². The minimum Gasteiger partial charge on any atom is -0.507 e. The SMILES string of the molecule is Nc1ccc(NC(=O)/C=C/c2cc(N)ccc2O)cc1. The van der Waals surface area contributed by atoms with Gasteiger partial charge in [0, 0.05) is 28.7 Å². The summed E-state index contributed by atoms with van der Waals surface area (Å²) < 4.78 is 0. The normalized spacial score (nSPS) is 10.6. The lowest BCUT2D eigenvalue weighted by molar-refractivity contribution is -0.111. The quantitative estimate of drug-likeness (QED) is 0.390. The second-order valence-corrected chi connectivity index (χ2v) is 4.26. The zero-order valence-electron chi connectivity index (χ0n) is 10.7. The van der Waals surface area contributed by atoms with E-state index >= 15 is 0 Å².